The lowest BCUT2D eigenvalue weighted by atomic mass is 10.1. The van der Waals surface area contributed by atoms with Crippen LogP contribution in [0, 0.1) is 0 Å². The molecule has 3 aromatic rings. The number of methoxy groups -OCH3 is 2. The lowest BCUT2D eigenvalue weighted by molar-refractivity contribution is 0.0592. The Balaban J connectivity index is 0.000000261. The number of hydrogen-bond acceptors (Lipinski definition) is 6. The van der Waals surface area contributed by atoms with Crippen LogP contribution in [0.5, 0.6) is 5.75 Å². The molecule has 1 fully saturated rings. The van der Waals surface area contributed by atoms with E-state index < -0.39 is 0 Å². The molecule has 0 amide bonds. The molecule has 184 valence electrons. The molecular formula is C27H27BrClNO5. The lowest BCUT2D eigenvalue weighted by Crippen LogP contribution is -2.38. The van der Waals surface area contributed by atoms with E-state index in [2.05, 4.69) is 25.6 Å². The van der Waals surface area contributed by atoms with Crippen LogP contribution in [0.4, 0.5) is 5.69 Å². The smallest absolute Gasteiger partial charge is 0.337 e. The largest absolute Gasteiger partial charge is 0.489 e. The van der Waals surface area contributed by atoms with Crippen molar-refractivity contribution in [2.45, 2.75) is 18.9 Å². The number of para-hydroxylation sites is 1. The Morgan fingerprint density at radius 3 is 1.86 bits per heavy atom. The molecule has 0 aromatic heterocycles. The molecule has 4 rings (SSSR count). The van der Waals surface area contributed by atoms with E-state index in [1.54, 1.807) is 36.4 Å². The maximum absolute atomic E-state index is 11.5. The summed E-state index contributed by atoms with van der Waals surface area (Å²) in [6.07, 6.45) is 2.05. The molecule has 0 saturated carbocycles. The van der Waals surface area contributed by atoms with Crippen LogP contribution in [-0.4, -0.2) is 45.4 Å². The Hall–Kier alpha value is -3.03. The molecule has 0 N–H and O–H groups in total. The highest BCUT2D eigenvalue weighted by molar-refractivity contribution is 9.10. The maximum Gasteiger partial charge on any atom is 0.337 e. The van der Waals surface area contributed by atoms with Crippen LogP contribution in [0.25, 0.3) is 0 Å². The molecule has 8 heteroatoms. The first-order chi connectivity index (χ1) is 16.9. The molecule has 1 saturated heterocycles. The number of benzene rings is 3. The van der Waals surface area contributed by atoms with Crippen LogP contribution in [0.15, 0.2) is 77.3 Å². The van der Waals surface area contributed by atoms with Crippen molar-refractivity contribution < 1.29 is 23.8 Å². The second kappa shape index (κ2) is 13.2. The minimum atomic E-state index is -0.312. The monoisotopic (exact) mass is 559 g/mol. The van der Waals surface area contributed by atoms with Crippen LogP contribution in [0.2, 0.25) is 5.02 Å². The van der Waals surface area contributed by atoms with Crippen LogP contribution in [0.1, 0.15) is 33.6 Å². The molecule has 0 atom stereocenters. The van der Waals surface area contributed by atoms with Gasteiger partial charge in [-0.2, -0.15) is 0 Å². The topological polar surface area (TPSA) is 65.1 Å². The first-order valence-electron chi connectivity index (χ1n) is 11.1. The number of esters is 2. The third kappa shape index (κ3) is 7.73. The van der Waals surface area contributed by atoms with E-state index in [0.29, 0.717) is 16.1 Å². The second-order valence-corrected chi connectivity index (χ2v) is 9.09. The molecule has 1 heterocycles. The third-order valence-corrected chi connectivity index (χ3v) is 6.33. The number of anilines is 1. The van der Waals surface area contributed by atoms with E-state index >= 15 is 0 Å². The van der Waals surface area contributed by atoms with Gasteiger partial charge in [-0.15, -0.1) is 0 Å². The van der Waals surface area contributed by atoms with Crippen molar-refractivity contribution in [3.05, 3.63) is 93.4 Å². The van der Waals surface area contributed by atoms with Gasteiger partial charge in [0.15, 0.2) is 0 Å². The van der Waals surface area contributed by atoms with Gasteiger partial charge in [-0.25, -0.2) is 9.59 Å². The van der Waals surface area contributed by atoms with Crippen molar-refractivity contribution in [3.63, 3.8) is 0 Å². The molecule has 35 heavy (non-hydrogen) atoms. The highest BCUT2D eigenvalue weighted by Gasteiger charge is 2.21. The number of piperidine rings is 1. The molecule has 1 aliphatic heterocycles. The Morgan fingerprint density at radius 1 is 0.829 bits per heavy atom. The molecule has 0 radical (unpaired) electrons. The molecule has 0 spiro atoms. The fraction of sp³-hybridized carbons (Fsp3) is 0.259. The molecular weight excluding hydrogens is 534 g/mol. The standard InChI is InChI=1S/C19H20ClNO3.C8H7BrO2/c1-23-19(22)14-6-8-15(9-7-14)21-12-10-16(11-13-21)24-18-5-3-2-4-17(18)20;1-11-8(10)6-2-4-7(9)5-3-6/h2-9,16H,10-13H2,1H3;2-5H,1H3. The predicted molar refractivity (Wildman–Crippen MR) is 141 cm³/mol. The van der Waals surface area contributed by atoms with E-state index in [9.17, 15) is 9.59 Å². The van der Waals surface area contributed by atoms with Crippen molar-refractivity contribution in [1.29, 1.82) is 0 Å². The minimum Gasteiger partial charge on any atom is -0.489 e. The van der Waals surface area contributed by atoms with Gasteiger partial charge in [0.2, 0.25) is 0 Å². The summed E-state index contributed by atoms with van der Waals surface area (Å²) >= 11 is 9.41. The quantitative estimate of drug-likeness (QED) is 0.336. The minimum absolute atomic E-state index is 0.176. The molecule has 0 bridgehead atoms. The summed E-state index contributed by atoms with van der Waals surface area (Å²) in [5, 5.41) is 0.651. The van der Waals surface area contributed by atoms with E-state index in [-0.39, 0.29) is 18.0 Å². The van der Waals surface area contributed by atoms with Crippen LogP contribution in [-0.2, 0) is 9.47 Å². The zero-order chi connectivity index (χ0) is 25.2. The number of halogens is 2. The van der Waals surface area contributed by atoms with Crippen LogP contribution in [0.3, 0.4) is 0 Å². The molecule has 1 aliphatic rings. The van der Waals surface area contributed by atoms with Gasteiger partial charge in [-0.1, -0.05) is 39.7 Å². The summed E-state index contributed by atoms with van der Waals surface area (Å²) in [6.45, 7) is 1.82. The second-order valence-electron chi connectivity index (χ2n) is 7.77. The summed E-state index contributed by atoms with van der Waals surface area (Å²) in [5.74, 6) is 0.131. The van der Waals surface area contributed by atoms with Gasteiger partial charge >= 0.3 is 11.9 Å². The lowest BCUT2D eigenvalue weighted by Gasteiger charge is -2.34. The van der Waals surface area contributed by atoms with Crippen LogP contribution >= 0.6 is 27.5 Å². The summed E-state index contributed by atoms with van der Waals surface area (Å²) in [6, 6.07) is 22.1. The predicted octanol–water partition coefficient (Wildman–Crippen LogP) is 6.41. The van der Waals surface area contributed by atoms with Crippen molar-refractivity contribution in [1.82, 2.24) is 0 Å². The fourth-order valence-electron chi connectivity index (χ4n) is 3.58. The highest BCUT2D eigenvalue weighted by atomic mass is 79.9. The third-order valence-electron chi connectivity index (χ3n) is 5.49. The number of carbonyl (C=O) groups excluding carboxylic acids is 2. The Bertz CT molecular complexity index is 1110. The fourth-order valence-corrected chi connectivity index (χ4v) is 4.03. The molecule has 0 unspecified atom stereocenters. The maximum atomic E-state index is 11.5. The molecule has 0 aliphatic carbocycles. The number of nitrogens with zero attached hydrogens (tertiary/aromatic N) is 1. The summed E-state index contributed by atoms with van der Waals surface area (Å²) in [5.41, 5.74) is 2.24. The van der Waals surface area contributed by atoms with Gasteiger partial charge in [-0.05, 0) is 60.7 Å². The zero-order valence-electron chi connectivity index (χ0n) is 19.6. The van der Waals surface area contributed by atoms with Gasteiger partial charge in [-0.3, -0.25) is 0 Å². The van der Waals surface area contributed by atoms with Crippen molar-refractivity contribution in [3.8, 4) is 5.75 Å². The van der Waals surface area contributed by atoms with Gasteiger partial charge in [0.05, 0.1) is 30.4 Å². The van der Waals surface area contributed by atoms with E-state index in [1.165, 1.54) is 14.2 Å². The average Bonchev–Trinajstić information content (AvgIpc) is 2.90. The van der Waals surface area contributed by atoms with Crippen molar-refractivity contribution in [2.24, 2.45) is 0 Å². The summed E-state index contributed by atoms with van der Waals surface area (Å²) in [4.78, 5) is 24.7. The van der Waals surface area contributed by atoms with E-state index in [4.69, 9.17) is 21.1 Å². The Labute approximate surface area is 218 Å². The van der Waals surface area contributed by atoms with Gasteiger partial charge < -0.3 is 19.1 Å². The van der Waals surface area contributed by atoms with Crippen LogP contribution < -0.4 is 9.64 Å². The number of hydrogen-bond donors (Lipinski definition) is 0. The Morgan fingerprint density at radius 2 is 1.34 bits per heavy atom. The van der Waals surface area contributed by atoms with Gasteiger partial charge in [0, 0.05) is 36.1 Å². The first-order valence-corrected chi connectivity index (χ1v) is 12.3. The van der Waals surface area contributed by atoms with E-state index in [1.807, 2.05) is 36.4 Å². The first kappa shape index (κ1) is 26.6. The highest BCUT2D eigenvalue weighted by Crippen LogP contribution is 2.28. The number of carbonyl (C=O) groups is 2. The average molecular weight is 561 g/mol. The molecule has 6 nitrogen and oxygen atoms in total. The summed E-state index contributed by atoms with van der Waals surface area (Å²) < 4.78 is 16.2. The summed E-state index contributed by atoms with van der Waals surface area (Å²) in [7, 11) is 2.75. The van der Waals surface area contributed by atoms with Crippen molar-refractivity contribution >= 4 is 45.2 Å². The van der Waals surface area contributed by atoms with Gasteiger partial charge in [0.1, 0.15) is 11.9 Å². The number of rotatable bonds is 5. The normalized spacial score (nSPS) is 13.3. The zero-order valence-corrected chi connectivity index (χ0v) is 21.9. The SMILES string of the molecule is COC(=O)c1ccc(Br)cc1.COC(=O)c1ccc(N2CCC(Oc3ccccc3Cl)CC2)cc1. The van der Waals surface area contributed by atoms with Crippen molar-refractivity contribution in [2.75, 3.05) is 32.2 Å². The van der Waals surface area contributed by atoms with E-state index in [0.717, 1.165) is 41.8 Å². The molecule has 3 aromatic carbocycles. The Kier molecular flexibility index (Phi) is 9.99. The number of ether oxygens (including phenoxy) is 3. The van der Waals surface area contributed by atoms with Gasteiger partial charge in [0.25, 0.3) is 0 Å².